The van der Waals surface area contributed by atoms with E-state index >= 15 is 0 Å². The van der Waals surface area contributed by atoms with Crippen LogP contribution in [0.3, 0.4) is 0 Å². The predicted molar refractivity (Wildman–Crippen MR) is 81.3 cm³/mol. The second kappa shape index (κ2) is 8.61. The molecule has 118 valence electrons. The van der Waals surface area contributed by atoms with Crippen LogP contribution in [-0.4, -0.2) is 37.2 Å². The molecule has 0 spiro atoms. The first-order valence-corrected chi connectivity index (χ1v) is 7.69. The van der Waals surface area contributed by atoms with Gasteiger partial charge >= 0.3 is 11.9 Å². The van der Waals surface area contributed by atoms with Crippen LogP contribution in [0, 0.1) is 5.92 Å². The Morgan fingerprint density at radius 1 is 1.33 bits per heavy atom. The van der Waals surface area contributed by atoms with Gasteiger partial charge < -0.3 is 14.8 Å². The Labute approximate surface area is 128 Å². The summed E-state index contributed by atoms with van der Waals surface area (Å²) < 4.78 is 9.39. The van der Waals surface area contributed by atoms with E-state index in [9.17, 15) is 9.59 Å². The standard InChI is InChI=1S/C14H22N2O4S/c1-9(2)7-11(13(18)20-4)16-14-15-10(8-21-14)5-6-12(17)19-3/h8-9,11H,5-7H2,1-4H3,(H,15,16). The zero-order chi connectivity index (χ0) is 15.8. The fraction of sp³-hybridized carbons (Fsp3) is 0.643. The molecule has 1 atom stereocenters. The van der Waals surface area contributed by atoms with Crippen molar-refractivity contribution >= 4 is 28.4 Å². The highest BCUT2D eigenvalue weighted by atomic mass is 32.1. The molecule has 0 aliphatic heterocycles. The van der Waals surface area contributed by atoms with Gasteiger partial charge in [0.05, 0.1) is 26.3 Å². The maximum Gasteiger partial charge on any atom is 0.328 e. The second-order valence-corrected chi connectivity index (χ2v) is 5.93. The van der Waals surface area contributed by atoms with Gasteiger partial charge in [-0.25, -0.2) is 9.78 Å². The Bertz CT molecular complexity index is 473. The highest BCUT2D eigenvalue weighted by Gasteiger charge is 2.21. The first kappa shape index (κ1) is 17.4. The van der Waals surface area contributed by atoms with Crippen molar-refractivity contribution in [2.75, 3.05) is 19.5 Å². The topological polar surface area (TPSA) is 77.5 Å². The van der Waals surface area contributed by atoms with Crippen LogP contribution in [-0.2, 0) is 25.5 Å². The number of nitrogens with one attached hydrogen (secondary N) is 1. The number of aryl methyl sites for hydroxylation is 1. The predicted octanol–water partition coefficient (Wildman–Crippen LogP) is 2.25. The summed E-state index contributed by atoms with van der Waals surface area (Å²) in [5.74, 6) is -0.194. The molecule has 1 aromatic heterocycles. The van der Waals surface area contributed by atoms with Gasteiger partial charge in [0.2, 0.25) is 0 Å². The van der Waals surface area contributed by atoms with E-state index in [-0.39, 0.29) is 11.9 Å². The lowest BCUT2D eigenvalue weighted by Gasteiger charge is -2.17. The molecule has 0 saturated heterocycles. The summed E-state index contributed by atoms with van der Waals surface area (Å²) in [6.45, 7) is 4.09. The minimum atomic E-state index is -0.408. The number of ether oxygens (including phenoxy) is 2. The maximum absolute atomic E-state index is 11.7. The number of carbonyl (C=O) groups excluding carboxylic acids is 2. The summed E-state index contributed by atoms with van der Waals surface area (Å²) >= 11 is 1.41. The molecule has 21 heavy (non-hydrogen) atoms. The van der Waals surface area contributed by atoms with Gasteiger partial charge in [-0.15, -0.1) is 11.3 Å². The Balaban J connectivity index is 2.61. The number of hydrogen-bond donors (Lipinski definition) is 1. The van der Waals surface area contributed by atoms with Crippen LogP contribution in [0.1, 0.15) is 32.4 Å². The van der Waals surface area contributed by atoms with Gasteiger partial charge in [-0.05, 0) is 12.3 Å². The normalized spacial score (nSPS) is 12.0. The summed E-state index contributed by atoms with van der Waals surface area (Å²) in [6.07, 6.45) is 1.49. The number of rotatable bonds is 8. The van der Waals surface area contributed by atoms with Crippen LogP contribution < -0.4 is 5.32 Å². The lowest BCUT2D eigenvalue weighted by molar-refractivity contribution is -0.142. The molecular formula is C14H22N2O4S. The zero-order valence-corrected chi connectivity index (χ0v) is 13.7. The number of esters is 2. The van der Waals surface area contributed by atoms with Crippen LogP contribution >= 0.6 is 11.3 Å². The maximum atomic E-state index is 11.7. The molecule has 0 aromatic carbocycles. The van der Waals surface area contributed by atoms with Crippen molar-refractivity contribution in [3.8, 4) is 0 Å². The van der Waals surface area contributed by atoms with E-state index in [0.717, 1.165) is 5.69 Å². The Kier molecular flexibility index (Phi) is 7.14. The highest BCUT2D eigenvalue weighted by molar-refractivity contribution is 7.13. The SMILES string of the molecule is COC(=O)CCc1csc(NC(CC(C)C)C(=O)OC)n1. The van der Waals surface area contributed by atoms with Crippen molar-refractivity contribution in [3.05, 3.63) is 11.1 Å². The fourth-order valence-corrected chi connectivity index (χ4v) is 2.60. The average Bonchev–Trinajstić information content (AvgIpc) is 2.90. The molecule has 0 bridgehead atoms. The van der Waals surface area contributed by atoms with Crippen molar-refractivity contribution in [1.82, 2.24) is 4.98 Å². The van der Waals surface area contributed by atoms with E-state index in [1.165, 1.54) is 25.6 Å². The van der Waals surface area contributed by atoms with Crippen LogP contribution in [0.5, 0.6) is 0 Å². The smallest absolute Gasteiger partial charge is 0.328 e. The highest BCUT2D eigenvalue weighted by Crippen LogP contribution is 2.20. The molecule has 1 heterocycles. The quantitative estimate of drug-likeness (QED) is 0.742. The Hall–Kier alpha value is -1.63. The number of thiazole rings is 1. The summed E-state index contributed by atoms with van der Waals surface area (Å²) in [7, 11) is 2.74. The first-order valence-electron chi connectivity index (χ1n) is 6.81. The van der Waals surface area contributed by atoms with E-state index in [1.807, 2.05) is 19.2 Å². The number of methoxy groups -OCH3 is 2. The third kappa shape index (κ3) is 6.12. The minimum Gasteiger partial charge on any atom is -0.469 e. The monoisotopic (exact) mass is 314 g/mol. The van der Waals surface area contributed by atoms with Gasteiger partial charge in [-0.2, -0.15) is 0 Å². The Morgan fingerprint density at radius 3 is 2.62 bits per heavy atom. The number of anilines is 1. The number of aromatic nitrogens is 1. The lowest BCUT2D eigenvalue weighted by atomic mass is 10.0. The third-order valence-corrected chi connectivity index (χ3v) is 3.68. The molecule has 1 aromatic rings. The van der Waals surface area contributed by atoms with Crippen molar-refractivity contribution in [1.29, 1.82) is 0 Å². The number of nitrogens with zero attached hydrogens (tertiary/aromatic N) is 1. The number of carbonyl (C=O) groups is 2. The van der Waals surface area contributed by atoms with E-state index in [1.54, 1.807) is 0 Å². The molecule has 7 heteroatoms. The van der Waals surface area contributed by atoms with Gasteiger partial charge in [-0.1, -0.05) is 13.8 Å². The molecule has 0 fully saturated rings. The summed E-state index contributed by atoms with van der Waals surface area (Å²) in [5.41, 5.74) is 0.807. The lowest BCUT2D eigenvalue weighted by Crippen LogP contribution is -2.32. The largest absolute Gasteiger partial charge is 0.469 e. The molecule has 0 radical (unpaired) electrons. The Morgan fingerprint density at radius 2 is 2.05 bits per heavy atom. The summed E-state index contributed by atoms with van der Waals surface area (Å²) in [6, 6.07) is -0.408. The van der Waals surface area contributed by atoms with Crippen LogP contribution in [0.15, 0.2) is 5.38 Å². The molecular weight excluding hydrogens is 292 g/mol. The average molecular weight is 314 g/mol. The molecule has 1 N–H and O–H groups in total. The van der Waals surface area contributed by atoms with E-state index in [0.29, 0.717) is 30.3 Å². The molecule has 0 aliphatic rings. The van der Waals surface area contributed by atoms with Gasteiger partial charge in [-0.3, -0.25) is 4.79 Å². The van der Waals surface area contributed by atoms with Gasteiger partial charge in [0.15, 0.2) is 5.13 Å². The molecule has 6 nitrogen and oxygen atoms in total. The van der Waals surface area contributed by atoms with Gasteiger partial charge in [0, 0.05) is 11.8 Å². The molecule has 0 amide bonds. The summed E-state index contributed by atoms with van der Waals surface area (Å²) in [4.78, 5) is 27.2. The van der Waals surface area contributed by atoms with Gasteiger partial charge in [0.25, 0.3) is 0 Å². The molecule has 0 saturated carbocycles. The molecule has 0 aliphatic carbocycles. The third-order valence-electron chi connectivity index (χ3n) is 2.86. The van der Waals surface area contributed by atoms with E-state index < -0.39 is 6.04 Å². The van der Waals surface area contributed by atoms with Crippen molar-refractivity contribution in [2.24, 2.45) is 5.92 Å². The van der Waals surface area contributed by atoms with Crippen LogP contribution in [0.4, 0.5) is 5.13 Å². The minimum absolute atomic E-state index is 0.259. The number of hydrogen-bond acceptors (Lipinski definition) is 7. The van der Waals surface area contributed by atoms with Crippen LogP contribution in [0.2, 0.25) is 0 Å². The van der Waals surface area contributed by atoms with E-state index in [4.69, 9.17) is 4.74 Å². The molecule has 1 unspecified atom stereocenters. The molecule has 1 rings (SSSR count). The van der Waals surface area contributed by atoms with Gasteiger partial charge in [0.1, 0.15) is 6.04 Å². The zero-order valence-electron chi connectivity index (χ0n) is 12.8. The second-order valence-electron chi connectivity index (χ2n) is 5.07. The van der Waals surface area contributed by atoms with Crippen molar-refractivity contribution < 1.29 is 19.1 Å². The van der Waals surface area contributed by atoms with Crippen molar-refractivity contribution in [2.45, 2.75) is 39.2 Å². The summed E-state index contributed by atoms with van der Waals surface area (Å²) in [5, 5.41) is 5.63. The first-order chi connectivity index (χ1) is 9.96. The van der Waals surface area contributed by atoms with E-state index in [2.05, 4.69) is 15.0 Å². The van der Waals surface area contributed by atoms with Crippen LogP contribution in [0.25, 0.3) is 0 Å². The fourth-order valence-electron chi connectivity index (χ4n) is 1.80. The van der Waals surface area contributed by atoms with Crippen molar-refractivity contribution in [3.63, 3.8) is 0 Å².